The lowest BCUT2D eigenvalue weighted by Gasteiger charge is -2.18. The molecule has 0 bridgehead atoms. The molecule has 1 aliphatic heterocycles. The number of sulfonamides is 1. The summed E-state index contributed by atoms with van der Waals surface area (Å²) in [6.45, 7) is 1.17. The van der Waals surface area contributed by atoms with Crippen LogP contribution in [0.1, 0.15) is 73.9 Å². The van der Waals surface area contributed by atoms with Crippen molar-refractivity contribution in [3.8, 4) is 0 Å². The Labute approximate surface area is 154 Å². The molecule has 0 unspecified atom stereocenters. The van der Waals surface area contributed by atoms with Crippen LogP contribution < -0.4 is 5.32 Å². The second-order valence-electron chi connectivity index (χ2n) is 7.10. The van der Waals surface area contributed by atoms with Gasteiger partial charge in [-0.3, -0.25) is 4.79 Å². The highest BCUT2D eigenvalue weighted by molar-refractivity contribution is 7.91. The second kappa shape index (κ2) is 8.64. The van der Waals surface area contributed by atoms with Gasteiger partial charge in [-0.1, -0.05) is 38.5 Å². The van der Waals surface area contributed by atoms with Crippen molar-refractivity contribution in [1.29, 1.82) is 0 Å². The summed E-state index contributed by atoms with van der Waals surface area (Å²) in [4.78, 5) is 13.0. The number of thiophene rings is 1. The van der Waals surface area contributed by atoms with E-state index in [4.69, 9.17) is 0 Å². The second-order valence-corrected chi connectivity index (χ2v) is 10.3. The summed E-state index contributed by atoms with van der Waals surface area (Å²) < 4.78 is 27.5. The molecule has 7 heteroatoms. The van der Waals surface area contributed by atoms with E-state index in [0.29, 0.717) is 22.2 Å². The summed E-state index contributed by atoms with van der Waals surface area (Å²) >= 11 is 1.10. The minimum absolute atomic E-state index is 0.130. The maximum absolute atomic E-state index is 12.8. The molecule has 0 radical (unpaired) electrons. The van der Waals surface area contributed by atoms with Crippen molar-refractivity contribution in [2.75, 3.05) is 13.1 Å². The Balaban J connectivity index is 1.67. The Morgan fingerprint density at radius 2 is 1.56 bits per heavy atom. The summed E-state index contributed by atoms with van der Waals surface area (Å²) in [5.41, 5.74) is 0. The molecule has 1 aliphatic carbocycles. The molecular formula is C18H28N2O3S2. The van der Waals surface area contributed by atoms with Gasteiger partial charge in [-0.2, -0.15) is 4.31 Å². The zero-order valence-corrected chi connectivity index (χ0v) is 16.3. The molecule has 1 amide bonds. The fourth-order valence-corrected chi connectivity index (χ4v) is 6.55. The Morgan fingerprint density at radius 1 is 0.960 bits per heavy atom. The van der Waals surface area contributed by atoms with Gasteiger partial charge >= 0.3 is 0 Å². The predicted octanol–water partition coefficient (Wildman–Crippen LogP) is 3.77. The molecule has 2 aliphatic rings. The molecule has 0 aromatic carbocycles. The quantitative estimate of drug-likeness (QED) is 0.804. The van der Waals surface area contributed by atoms with Crippen LogP contribution in [-0.2, 0) is 10.0 Å². The lowest BCUT2D eigenvalue weighted by Crippen LogP contribution is -2.34. The molecule has 5 nitrogen and oxygen atoms in total. The molecule has 2 fully saturated rings. The highest BCUT2D eigenvalue weighted by Gasteiger charge is 2.28. The predicted molar refractivity (Wildman–Crippen MR) is 101 cm³/mol. The zero-order valence-electron chi connectivity index (χ0n) is 14.7. The van der Waals surface area contributed by atoms with Crippen LogP contribution in [0.2, 0.25) is 0 Å². The third kappa shape index (κ3) is 4.83. The van der Waals surface area contributed by atoms with Crippen LogP contribution in [0.15, 0.2) is 16.3 Å². The standard InChI is InChI=1S/C18H28N2O3S2/c21-18(19-15-9-5-1-2-6-10-15)16-11-12-17(24-16)25(22,23)20-13-7-3-4-8-14-20/h11-12,15H,1-10,13-14H2,(H,19,21). The Bertz CT molecular complexity index is 668. The smallest absolute Gasteiger partial charge is 0.261 e. The number of nitrogens with one attached hydrogen (secondary N) is 1. The van der Waals surface area contributed by atoms with Gasteiger partial charge in [-0.25, -0.2) is 8.42 Å². The third-order valence-electron chi connectivity index (χ3n) is 5.15. The van der Waals surface area contributed by atoms with E-state index >= 15 is 0 Å². The Kier molecular flexibility index (Phi) is 6.52. The number of nitrogens with zero attached hydrogens (tertiary/aromatic N) is 1. The van der Waals surface area contributed by atoms with E-state index in [0.717, 1.165) is 62.7 Å². The van der Waals surface area contributed by atoms with Gasteiger partial charge in [0.15, 0.2) is 0 Å². The van der Waals surface area contributed by atoms with E-state index in [-0.39, 0.29) is 11.9 Å². The molecule has 25 heavy (non-hydrogen) atoms. The molecule has 2 heterocycles. The minimum atomic E-state index is -3.47. The molecule has 1 aromatic rings. The number of carbonyl (C=O) groups is 1. The fraction of sp³-hybridized carbons (Fsp3) is 0.722. The number of hydrogen-bond acceptors (Lipinski definition) is 4. The van der Waals surface area contributed by atoms with Crippen molar-refractivity contribution < 1.29 is 13.2 Å². The van der Waals surface area contributed by atoms with Crippen molar-refractivity contribution in [3.05, 3.63) is 17.0 Å². The molecule has 1 aromatic heterocycles. The van der Waals surface area contributed by atoms with Crippen LogP contribution >= 0.6 is 11.3 Å². The molecular weight excluding hydrogens is 356 g/mol. The van der Waals surface area contributed by atoms with Crippen LogP contribution in [0.4, 0.5) is 0 Å². The molecule has 140 valence electrons. The Hall–Kier alpha value is -0.920. The van der Waals surface area contributed by atoms with Crippen molar-refractivity contribution in [2.45, 2.75) is 74.5 Å². The van der Waals surface area contributed by atoms with Crippen LogP contribution in [0.25, 0.3) is 0 Å². The maximum Gasteiger partial charge on any atom is 0.261 e. The first-order chi connectivity index (χ1) is 12.1. The number of hydrogen-bond donors (Lipinski definition) is 1. The summed E-state index contributed by atoms with van der Waals surface area (Å²) in [6, 6.07) is 3.47. The van der Waals surface area contributed by atoms with E-state index in [1.807, 2.05) is 0 Å². The average Bonchev–Trinajstić information content (AvgIpc) is 2.78. The normalized spacial score (nSPS) is 21.4. The van der Waals surface area contributed by atoms with E-state index in [2.05, 4.69) is 5.32 Å². The van der Waals surface area contributed by atoms with Crippen LogP contribution in [-0.4, -0.2) is 37.8 Å². The van der Waals surface area contributed by atoms with Gasteiger partial charge in [-0.15, -0.1) is 11.3 Å². The monoisotopic (exact) mass is 384 g/mol. The summed E-state index contributed by atoms with van der Waals surface area (Å²) in [5, 5.41) is 3.09. The van der Waals surface area contributed by atoms with Crippen molar-refractivity contribution >= 4 is 27.3 Å². The van der Waals surface area contributed by atoms with Gasteiger partial charge in [0, 0.05) is 19.1 Å². The first-order valence-electron chi connectivity index (χ1n) is 9.48. The lowest BCUT2D eigenvalue weighted by molar-refractivity contribution is 0.0937. The summed E-state index contributed by atoms with van der Waals surface area (Å²) in [6.07, 6.45) is 10.9. The van der Waals surface area contributed by atoms with Crippen molar-refractivity contribution in [3.63, 3.8) is 0 Å². The van der Waals surface area contributed by atoms with Gasteiger partial charge in [-0.05, 0) is 37.8 Å². The zero-order chi connectivity index (χ0) is 17.7. The van der Waals surface area contributed by atoms with Crippen LogP contribution in [0.3, 0.4) is 0 Å². The van der Waals surface area contributed by atoms with Gasteiger partial charge in [0.05, 0.1) is 4.88 Å². The average molecular weight is 385 g/mol. The SMILES string of the molecule is O=C(NC1CCCCCC1)c1ccc(S(=O)(=O)N2CCCCCC2)s1. The van der Waals surface area contributed by atoms with E-state index in [9.17, 15) is 13.2 Å². The highest BCUT2D eigenvalue weighted by atomic mass is 32.2. The third-order valence-corrected chi connectivity index (χ3v) is 8.60. The van der Waals surface area contributed by atoms with Gasteiger partial charge in [0.1, 0.15) is 4.21 Å². The first kappa shape index (κ1) is 18.9. The van der Waals surface area contributed by atoms with Gasteiger partial charge in [0.25, 0.3) is 15.9 Å². The van der Waals surface area contributed by atoms with Gasteiger partial charge < -0.3 is 5.32 Å². The molecule has 1 N–H and O–H groups in total. The topological polar surface area (TPSA) is 66.5 Å². The minimum Gasteiger partial charge on any atom is -0.349 e. The van der Waals surface area contributed by atoms with Crippen molar-refractivity contribution in [1.82, 2.24) is 9.62 Å². The number of rotatable bonds is 4. The van der Waals surface area contributed by atoms with Crippen LogP contribution in [0, 0.1) is 0 Å². The van der Waals surface area contributed by atoms with Gasteiger partial charge in [0.2, 0.25) is 0 Å². The van der Waals surface area contributed by atoms with Crippen molar-refractivity contribution in [2.24, 2.45) is 0 Å². The molecule has 0 spiro atoms. The summed E-state index contributed by atoms with van der Waals surface area (Å²) in [7, 11) is -3.47. The molecule has 1 saturated heterocycles. The molecule has 3 rings (SSSR count). The molecule has 1 saturated carbocycles. The van der Waals surface area contributed by atoms with E-state index < -0.39 is 10.0 Å². The molecule has 0 atom stereocenters. The maximum atomic E-state index is 12.8. The number of amides is 1. The highest BCUT2D eigenvalue weighted by Crippen LogP contribution is 2.27. The van der Waals surface area contributed by atoms with Crippen LogP contribution in [0.5, 0.6) is 0 Å². The summed E-state index contributed by atoms with van der Waals surface area (Å²) in [5.74, 6) is -0.130. The Morgan fingerprint density at radius 3 is 2.20 bits per heavy atom. The fourth-order valence-electron chi connectivity index (χ4n) is 3.67. The van der Waals surface area contributed by atoms with E-state index in [1.54, 1.807) is 16.4 Å². The lowest BCUT2D eigenvalue weighted by atomic mass is 10.1. The largest absolute Gasteiger partial charge is 0.349 e. The number of carbonyl (C=O) groups excluding carboxylic acids is 1. The van der Waals surface area contributed by atoms with E-state index in [1.165, 1.54) is 12.8 Å². The first-order valence-corrected chi connectivity index (χ1v) is 11.7.